The van der Waals surface area contributed by atoms with E-state index in [1.54, 1.807) is 18.0 Å². The molecule has 0 aliphatic rings. The van der Waals surface area contributed by atoms with Gasteiger partial charge in [-0.15, -0.1) is 0 Å². The Morgan fingerprint density at radius 2 is 1.50 bits per heavy atom. The number of pyridine rings is 1. The summed E-state index contributed by atoms with van der Waals surface area (Å²) in [5.41, 5.74) is 3.80. The summed E-state index contributed by atoms with van der Waals surface area (Å²) >= 11 is 0. The van der Waals surface area contributed by atoms with E-state index in [1.807, 2.05) is 90.2 Å². The molecule has 1 unspecified atom stereocenters. The van der Waals surface area contributed by atoms with Gasteiger partial charge in [-0.25, -0.2) is 9.78 Å². The molecule has 0 bridgehead atoms. The minimum absolute atomic E-state index is 0.177. The third-order valence-electron chi connectivity index (χ3n) is 5.28. The van der Waals surface area contributed by atoms with Crippen LogP contribution >= 0.6 is 0 Å². The molecule has 4 aromatic rings. The topological polar surface area (TPSA) is 63.9 Å². The smallest absolute Gasteiger partial charge is 0.359 e. The number of amides is 1. The lowest BCUT2D eigenvalue weighted by molar-refractivity contribution is -0.141. The second kappa shape index (κ2) is 9.47. The van der Waals surface area contributed by atoms with Crippen LogP contribution in [0.15, 0.2) is 85.1 Å². The number of hydrogen-bond acceptors (Lipinski definition) is 4. The molecule has 0 saturated heterocycles. The van der Waals surface area contributed by atoms with Crippen LogP contribution in [0, 0.1) is 6.92 Å². The summed E-state index contributed by atoms with van der Waals surface area (Å²) in [7, 11) is 0. The van der Waals surface area contributed by atoms with E-state index in [4.69, 9.17) is 4.74 Å². The van der Waals surface area contributed by atoms with E-state index in [2.05, 4.69) is 4.98 Å². The zero-order valence-electron chi connectivity index (χ0n) is 18.1. The average molecular weight is 428 g/mol. The number of carbonyl (C=O) groups excluding carboxylic acids is 2. The number of hydrogen-bond donors (Lipinski definition) is 0. The zero-order valence-corrected chi connectivity index (χ0v) is 18.1. The SMILES string of the molecule is Cc1cccc2nc(C(=O)OC(C)C(=O)N(Cc3ccccc3)Cc3ccccc3)cn12. The van der Waals surface area contributed by atoms with Crippen molar-refractivity contribution >= 4 is 17.5 Å². The van der Waals surface area contributed by atoms with Crippen molar-refractivity contribution in [3.8, 4) is 0 Å². The molecule has 32 heavy (non-hydrogen) atoms. The fourth-order valence-electron chi connectivity index (χ4n) is 3.59. The van der Waals surface area contributed by atoms with Gasteiger partial charge in [0, 0.05) is 25.0 Å². The molecule has 6 heteroatoms. The summed E-state index contributed by atoms with van der Waals surface area (Å²) < 4.78 is 7.34. The van der Waals surface area contributed by atoms with E-state index in [1.165, 1.54) is 0 Å². The quantitative estimate of drug-likeness (QED) is 0.410. The lowest BCUT2D eigenvalue weighted by Gasteiger charge is -2.26. The highest BCUT2D eigenvalue weighted by molar-refractivity contribution is 5.91. The fourth-order valence-corrected chi connectivity index (χ4v) is 3.59. The zero-order chi connectivity index (χ0) is 22.5. The monoisotopic (exact) mass is 427 g/mol. The normalized spacial score (nSPS) is 11.8. The standard InChI is InChI=1S/C26H25N3O3/c1-19-10-9-15-24-27-23(18-29(19)24)26(31)32-20(2)25(30)28(16-21-11-5-3-6-12-21)17-22-13-7-4-8-14-22/h3-15,18,20H,16-17H2,1-2H3. The van der Waals surface area contributed by atoms with Crippen molar-refractivity contribution in [1.29, 1.82) is 0 Å². The second-order valence-corrected chi connectivity index (χ2v) is 7.73. The van der Waals surface area contributed by atoms with Crippen LogP contribution in [0.2, 0.25) is 0 Å². The molecule has 0 saturated carbocycles. The fraction of sp³-hybridized carbons (Fsp3) is 0.192. The Morgan fingerprint density at radius 3 is 2.06 bits per heavy atom. The van der Waals surface area contributed by atoms with Crippen LogP contribution in [0.1, 0.15) is 34.2 Å². The molecule has 6 nitrogen and oxygen atoms in total. The summed E-state index contributed by atoms with van der Waals surface area (Å²) in [5.74, 6) is -0.876. The van der Waals surface area contributed by atoms with E-state index in [-0.39, 0.29) is 11.6 Å². The van der Waals surface area contributed by atoms with Crippen LogP contribution in [-0.4, -0.2) is 32.3 Å². The molecule has 2 heterocycles. The van der Waals surface area contributed by atoms with Gasteiger partial charge in [-0.3, -0.25) is 4.79 Å². The van der Waals surface area contributed by atoms with Gasteiger partial charge in [0.1, 0.15) is 5.65 Å². The lowest BCUT2D eigenvalue weighted by Crippen LogP contribution is -2.39. The van der Waals surface area contributed by atoms with Gasteiger partial charge in [0.25, 0.3) is 5.91 Å². The van der Waals surface area contributed by atoms with Crippen molar-refractivity contribution in [2.75, 3.05) is 0 Å². The minimum atomic E-state index is -0.944. The van der Waals surface area contributed by atoms with Gasteiger partial charge in [-0.05, 0) is 37.1 Å². The van der Waals surface area contributed by atoms with Crippen LogP contribution < -0.4 is 0 Å². The van der Waals surface area contributed by atoms with Crippen LogP contribution in [0.25, 0.3) is 5.65 Å². The first-order valence-electron chi connectivity index (χ1n) is 10.5. The summed E-state index contributed by atoms with van der Waals surface area (Å²) in [4.78, 5) is 32.0. The Kier molecular flexibility index (Phi) is 6.31. The highest BCUT2D eigenvalue weighted by Gasteiger charge is 2.26. The maximum atomic E-state index is 13.3. The number of rotatable bonds is 7. The van der Waals surface area contributed by atoms with Crippen LogP contribution in [0.5, 0.6) is 0 Å². The predicted molar refractivity (Wildman–Crippen MR) is 122 cm³/mol. The molecule has 0 aliphatic heterocycles. The number of aromatic nitrogens is 2. The van der Waals surface area contributed by atoms with Crippen LogP contribution in [0.3, 0.4) is 0 Å². The summed E-state index contributed by atoms with van der Waals surface area (Å²) in [6.07, 6.45) is 0.691. The van der Waals surface area contributed by atoms with E-state index in [0.29, 0.717) is 18.7 Å². The Labute approximate surface area is 187 Å². The van der Waals surface area contributed by atoms with Gasteiger partial charge in [-0.1, -0.05) is 66.7 Å². The van der Waals surface area contributed by atoms with Gasteiger partial charge in [0.15, 0.2) is 11.8 Å². The van der Waals surface area contributed by atoms with Crippen molar-refractivity contribution in [3.63, 3.8) is 0 Å². The summed E-state index contributed by atoms with van der Waals surface area (Å²) in [6, 6.07) is 25.2. The van der Waals surface area contributed by atoms with Gasteiger partial charge in [0.2, 0.25) is 0 Å². The highest BCUT2D eigenvalue weighted by atomic mass is 16.5. The minimum Gasteiger partial charge on any atom is -0.448 e. The van der Waals surface area contributed by atoms with Gasteiger partial charge < -0.3 is 14.0 Å². The first-order chi connectivity index (χ1) is 15.5. The van der Waals surface area contributed by atoms with E-state index >= 15 is 0 Å². The maximum absolute atomic E-state index is 13.3. The first kappa shape index (κ1) is 21.3. The van der Waals surface area contributed by atoms with E-state index in [9.17, 15) is 9.59 Å². The van der Waals surface area contributed by atoms with Crippen molar-refractivity contribution in [1.82, 2.24) is 14.3 Å². The molecular formula is C26H25N3O3. The van der Waals surface area contributed by atoms with Crippen molar-refractivity contribution in [2.24, 2.45) is 0 Å². The molecule has 2 aromatic heterocycles. The van der Waals surface area contributed by atoms with Crippen molar-refractivity contribution in [2.45, 2.75) is 33.0 Å². The number of aryl methyl sites for hydroxylation is 1. The molecule has 2 aromatic carbocycles. The number of ether oxygens (including phenoxy) is 1. The Bertz CT molecular complexity index is 1180. The number of benzene rings is 2. The van der Waals surface area contributed by atoms with Crippen LogP contribution in [-0.2, 0) is 22.6 Å². The van der Waals surface area contributed by atoms with Gasteiger partial charge >= 0.3 is 5.97 Å². The highest BCUT2D eigenvalue weighted by Crippen LogP contribution is 2.15. The third-order valence-corrected chi connectivity index (χ3v) is 5.28. The third kappa shape index (κ3) is 4.86. The number of nitrogens with zero attached hydrogens (tertiary/aromatic N) is 3. The molecule has 0 N–H and O–H groups in total. The van der Waals surface area contributed by atoms with Gasteiger partial charge in [-0.2, -0.15) is 0 Å². The van der Waals surface area contributed by atoms with Crippen molar-refractivity contribution < 1.29 is 14.3 Å². The average Bonchev–Trinajstić information content (AvgIpc) is 3.25. The van der Waals surface area contributed by atoms with E-state index < -0.39 is 12.1 Å². The number of carbonyl (C=O) groups is 2. The summed E-state index contributed by atoms with van der Waals surface area (Å²) in [6.45, 7) is 4.37. The Hall–Kier alpha value is -3.93. The molecule has 0 fully saturated rings. The molecule has 0 radical (unpaired) electrons. The predicted octanol–water partition coefficient (Wildman–Crippen LogP) is 4.42. The second-order valence-electron chi connectivity index (χ2n) is 7.73. The maximum Gasteiger partial charge on any atom is 0.359 e. The molecule has 0 aliphatic carbocycles. The molecule has 1 atom stereocenters. The largest absolute Gasteiger partial charge is 0.448 e. The molecule has 4 rings (SSSR count). The van der Waals surface area contributed by atoms with Gasteiger partial charge in [0.05, 0.1) is 0 Å². The lowest BCUT2D eigenvalue weighted by atomic mass is 10.1. The molecule has 1 amide bonds. The van der Waals surface area contributed by atoms with Crippen LogP contribution in [0.4, 0.5) is 0 Å². The summed E-state index contributed by atoms with van der Waals surface area (Å²) in [5, 5.41) is 0. The molecule has 162 valence electrons. The van der Waals surface area contributed by atoms with E-state index in [0.717, 1.165) is 16.8 Å². The number of esters is 1. The number of fused-ring (bicyclic) bond motifs is 1. The molecule has 0 spiro atoms. The van der Waals surface area contributed by atoms with Crippen molar-refractivity contribution in [3.05, 3.63) is 108 Å². The Morgan fingerprint density at radius 1 is 0.906 bits per heavy atom. The molecular weight excluding hydrogens is 402 g/mol. The first-order valence-corrected chi connectivity index (χ1v) is 10.5. The Balaban J connectivity index is 1.50. The number of imidazole rings is 1.